The highest BCUT2D eigenvalue weighted by Gasteiger charge is 2.21. The Balaban J connectivity index is 0.935. The molecule has 0 saturated heterocycles. The van der Waals surface area contributed by atoms with Gasteiger partial charge >= 0.3 is 0 Å². The second kappa shape index (κ2) is 12.1. The Kier molecular flexibility index (Phi) is 6.66. The fourth-order valence-electron chi connectivity index (χ4n) is 9.23. The van der Waals surface area contributed by atoms with Gasteiger partial charge in [-0.3, -0.25) is 4.98 Å². The van der Waals surface area contributed by atoms with Crippen LogP contribution in [0.25, 0.3) is 115 Å². The monoisotopic (exact) mass is 722 g/mol. The molecule has 3 heterocycles. The van der Waals surface area contributed by atoms with Gasteiger partial charge in [-0.2, -0.15) is 5.26 Å². The van der Waals surface area contributed by atoms with Crippen molar-refractivity contribution in [3.05, 3.63) is 188 Å². The predicted molar refractivity (Wildman–Crippen MR) is 235 cm³/mol. The first-order valence-electron chi connectivity index (χ1n) is 19.2. The van der Waals surface area contributed by atoms with Crippen LogP contribution in [0.15, 0.2) is 182 Å². The number of para-hydroxylation sites is 1. The van der Waals surface area contributed by atoms with Crippen LogP contribution in [0.5, 0.6) is 0 Å². The molecule has 0 amide bonds. The van der Waals surface area contributed by atoms with Gasteiger partial charge in [0.15, 0.2) is 0 Å². The van der Waals surface area contributed by atoms with Crippen LogP contribution in [0, 0.1) is 11.3 Å². The summed E-state index contributed by atoms with van der Waals surface area (Å²) in [5.41, 5.74) is 12.8. The van der Waals surface area contributed by atoms with Gasteiger partial charge in [-0.1, -0.05) is 91.0 Å². The zero-order valence-corrected chi connectivity index (χ0v) is 30.6. The highest BCUT2D eigenvalue weighted by Crippen LogP contribution is 2.44. The molecule has 3 aromatic heterocycles. The van der Waals surface area contributed by atoms with E-state index >= 15 is 0 Å². The van der Waals surface area contributed by atoms with Gasteiger partial charge in [0, 0.05) is 45.4 Å². The third kappa shape index (κ3) is 4.73. The van der Waals surface area contributed by atoms with Crippen molar-refractivity contribution in [1.29, 1.82) is 5.26 Å². The average Bonchev–Trinajstić information content (AvgIpc) is 3.63. The second-order valence-corrected chi connectivity index (χ2v) is 14.9. The van der Waals surface area contributed by atoms with Crippen LogP contribution in [0.1, 0.15) is 5.56 Å². The van der Waals surface area contributed by atoms with Gasteiger partial charge in [0.05, 0.1) is 34.1 Å². The van der Waals surface area contributed by atoms with Gasteiger partial charge in [-0.25, -0.2) is 4.98 Å². The topological polar surface area (TPSA) is 54.5 Å². The third-order valence-electron chi connectivity index (χ3n) is 11.8. The van der Waals surface area contributed by atoms with E-state index in [9.17, 15) is 5.26 Å². The van der Waals surface area contributed by atoms with Crippen molar-refractivity contribution in [3.8, 4) is 56.5 Å². The summed E-state index contributed by atoms with van der Waals surface area (Å²) in [6.07, 6.45) is 3.61. The van der Waals surface area contributed by atoms with Gasteiger partial charge in [-0.05, 0) is 139 Å². The summed E-state index contributed by atoms with van der Waals surface area (Å²) in [7, 11) is 0. The Labute approximate surface area is 327 Å². The van der Waals surface area contributed by atoms with Crippen molar-refractivity contribution >= 4 is 64.9 Å². The minimum atomic E-state index is 0.699. The van der Waals surface area contributed by atoms with Crippen LogP contribution >= 0.6 is 0 Å². The molecule has 4 nitrogen and oxygen atoms in total. The maximum atomic E-state index is 10.0. The Morgan fingerprint density at radius 2 is 1.00 bits per heavy atom. The SMILES string of the molecule is N#Cc1ccc2c3c1ccc1c(-c4ccc(-c5cc6ccc7cc(-c8cccc(-c9ccncc9)n8)cc8ccc(c5)c6c78)cc4)ccc(c13)n2-c1ccccc1. The van der Waals surface area contributed by atoms with Crippen molar-refractivity contribution < 1.29 is 0 Å². The average molecular weight is 723 g/mol. The second-order valence-electron chi connectivity index (χ2n) is 14.9. The number of pyridine rings is 2. The van der Waals surface area contributed by atoms with Gasteiger partial charge < -0.3 is 4.57 Å². The number of benzene rings is 9. The van der Waals surface area contributed by atoms with E-state index in [1.165, 1.54) is 59.8 Å². The first kappa shape index (κ1) is 31.5. The van der Waals surface area contributed by atoms with Crippen LogP contribution in [-0.4, -0.2) is 14.5 Å². The third-order valence-corrected chi connectivity index (χ3v) is 11.8. The van der Waals surface area contributed by atoms with Crippen molar-refractivity contribution in [3.63, 3.8) is 0 Å². The lowest BCUT2D eigenvalue weighted by Crippen LogP contribution is -1.93. The quantitative estimate of drug-likeness (QED) is 0.166. The summed E-state index contributed by atoms with van der Waals surface area (Å²) in [4.78, 5) is 9.20. The number of rotatable bonds is 5. The van der Waals surface area contributed by atoms with Crippen molar-refractivity contribution in [2.75, 3.05) is 0 Å². The standard InChI is InChI=1S/C53H30N4/c54-31-39-17-21-48-52-44(39)18-19-45-43(20-22-49(53(45)52)57(48)42-5-2-1-3-6-42)33-11-9-32(10-12-33)40-27-35-13-15-37-29-41(30-38-16-14-36(28-40)50(35)51(37)38)47-8-4-7-46(56-47)34-23-25-55-26-24-34/h1-30H. The van der Waals surface area contributed by atoms with Crippen molar-refractivity contribution in [1.82, 2.24) is 14.5 Å². The fourth-order valence-corrected chi connectivity index (χ4v) is 9.23. The molecule has 0 aliphatic carbocycles. The molecule has 0 aliphatic rings. The number of nitrogens with zero attached hydrogens (tertiary/aromatic N) is 4. The van der Waals surface area contributed by atoms with Crippen LogP contribution < -0.4 is 0 Å². The molecule has 0 saturated carbocycles. The maximum Gasteiger partial charge on any atom is 0.0998 e. The van der Waals surface area contributed by atoms with E-state index in [2.05, 4.69) is 161 Å². The first-order valence-corrected chi connectivity index (χ1v) is 19.2. The molecule has 262 valence electrons. The van der Waals surface area contributed by atoms with Crippen LogP contribution in [0.3, 0.4) is 0 Å². The lowest BCUT2D eigenvalue weighted by atomic mass is 9.89. The molecule has 0 N–H and O–H groups in total. The molecular weight excluding hydrogens is 693 g/mol. The predicted octanol–water partition coefficient (Wildman–Crippen LogP) is 13.6. The molecule has 4 heteroatoms. The number of hydrogen-bond acceptors (Lipinski definition) is 3. The van der Waals surface area contributed by atoms with Crippen LogP contribution in [0.2, 0.25) is 0 Å². The Morgan fingerprint density at radius 3 is 1.67 bits per heavy atom. The van der Waals surface area contributed by atoms with Gasteiger partial charge in [-0.15, -0.1) is 0 Å². The summed E-state index contributed by atoms with van der Waals surface area (Å²) >= 11 is 0. The molecule has 0 bridgehead atoms. The van der Waals surface area contributed by atoms with E-state index in [1.54, 1.807) is 12.4 Å². The van der Waals surface area contributed by atoms with Gasteiger partial charge in [0.1, 0.15) is 0 Å². The molecule has 12 aromatic rings. The Morgan fingerprint density at radius 1 is 0.421 bits per heavy atom. The van der Waals surface area contributed by atoms with E-state index < -0.39 is 0 Å². The smallest absolute Gasteiger partial charge is 0.0998 e. The molecular formula is C53H30N4. The highest BCUT2D eigenvalue weighted by atomic mass is 15.0. The summed E-state index contributed by atoms with van der Waals surface area (Å²) < 4.78 is 2.32. The van der Waals surface area contributed by atoms with E-state index in [1.807, 2.05) is 24.3 Å². The Hall–Kier alpha value is -7.87. The number of nitriles is 1. The lowest BCUT2D eigenvalue weighted by Gasteiger charge is -2.15. The molecule has 0 unspecified atom stereocenters. The lowest BCUT2D eigenvalue weighted by molar-refractivity contribution is 1.18. The summed E-state index contributed by atoms with van der Waals surface area (Å²) in [5.74, 6) is 0. The van der Waals surface area contributed by atoms with Crippen molar-refractivity contribution in [2.45, 2.75) is 0 Å². The zero-order valence-electron chi connectivity index (χ0n) is 30.6. The van der Waals surface area contributed by atoms with Crippen LogP contribution in [0.4, 0.5) is 0 Å². The molecule has 0 fully saturated rings. The van der Waals surface area contributed by atoms with E-state index in [4.69, 9.17) is 4.98 Å². The minimum Gasteiger partial charge on any atom is -0.309 e. The van der Waals surface area contributed by atoms with Gasteiger partial charge in [0.25, 0.3) is 0 Å². The molecule has 12 rings (SSSR count). The largest absolute Gasteiger partial charge is 0.309 e. The van der Waals surface area contributed by atoms with Gasteiger partial charge in [0.2, 0.25) is 0 Å². The molecule has 57 heavy (non-hydrogen) atoms. The number of hydrogen-bond donors (Lipinski definition) is 0. The molecule has 0 atom stereocenters. The van der Waals surface area contributed by atoms with E-state index in [0.29, 0.717) is 5.56 Å². The normalized spacial score (nSPS) is 11.8. The van der Waals surface area contributed by atoms with Crippen LogP contribution in [-0.2, 0) is 0 Å². The highest BCUT2D eigenvalue weighted by molar-refractivity contribution is 6.28. The van der Waals surface area contributed by atoms with E-state index in [0.717, 1.165) is 55.6 Å². The molecule has 9 aromatic carbocycles. The van der Waals surface area contributed by atoms with E-state index in [-0.39, 0.29) is 0 Å². The zero-order chi connectivity index (χ0) is 37.6. The maximum absolute atomic E-state index is 10.0. The Bertz CT molecular complexity index is 3490. The molecule has 0 aliphatic heterocycles. The number of aromatic nitrogens is 3. The summed E-state index contributed by atoms with van der Waals surface area (Å²) in [6.45, 7) is 0. The van der Waals surface area contributed by atoms with Crippen molar-refractivity contribution in [2.24, 2.45) is 0 Å². The first-order chi connectivity index (χ1) is 28.2. The summed E-state index contributed by atoms with van der Waals surface area (Å²) in [6, 6.07) is 63.2. The molecule has 0 spiro atoms. The summed E-state index contributed by atoms with van der Waals surface area (Å²) in [5, 5.41) is 22.0. The fraction of sp³-hybridized carbons (Fsp3) is 0. The molecule has 0 radical (unpaired) electrons. The minimum absolute atomic E-state index is 0.699.